The van der Waals surface area contributed by atoms with E-state index in [9.17, 15) is 0 Å². The molecule has 0 aromatic rings. The number of hydrogen-bond donors (Lipinski definition) is 1. The lowest BCUT2D eigenvalue weighted by Crippen LogP contribution is -2.38. The predicted molar refractivity (Wildman–Crippen MR) is 52.2 cm³/mol. The number of halogens is 1. The first-order valence-electron chi connectivity index (χ1n) is 3.64. The van der Waals surface area contributed by atoms with Gasteiger partial charge >= 0.3 is 0 Å². The third-order valence-corrected chi connectivity index (χ3v) is 1.74. The fraction of sp³-hybridized carbons (Fsp3) is 0.714. The van der Waals surface area contributed by atoms with Crippen LogP contribution >= 0.6 is 17.0 Å². The number of hydrogen-bond acceptors (Lipinski definition) is 3. The summed E-state index contributed by atoms with van der Waals surface area (Å²) in [6, 6.07) is 0. The van der Waals surface area contributed by atoms with Gasteiger partial charge in [-0.25, -0.2) is 0 Å². The third kappa shape index (κ3) is 2.71. The lowest BCUT2D eigenvalue weighted by Gasteiger charge is -2.23. The Morgan fingerprint density at radius 1 is 1.55 bits per heavy atom. The van der Waals surface area contributed by atoms with E-state index in [1.165, 1.54) is 0 Å². The Morgan fingerprint density at radius 2 is 2.18 bits per heavy atom. The smallest absolute Gasteiger partial charge is 0.0905 e. The molecule has 0 aromatic carbocycles. The Balaban J connectivity index is 0.000001000. The van der Waals surface area contributed by atoms with Crippen molar-refractivity contribution in [3.8, 4) is 0 Å². The molecule has 0 aliphatic carbocycles. The van der Waals surface area contributed by atoms with Crippen molar-refractivity contribution in [2.24, 2.45) is 5.73 Å². The first-order chi connectivity index (χ1) is 4.74. The van der Waals surface area contributed by atoms with Gasteiger partial charge in [-0.05, 0) is 6.42 Å². The molecule has 1 rings (SSSR count). The number of nitrogens with two attached hydrogens (primary N) is 1. The highest BCUT2D eigenvalue weighted by molar-refractivity contribution is 8.93. The van der Waals surface area contributed by atoms with E-state index in [0.29, 0.717) is 0 Å². The molecule has 66 valence electrons. The fourth-order valence-electron chi connectivity index (χ4n) is 1.00. The zero-order chi connectivity index (χ0) is 7.56. The average molecular weight is 222 g/mol. The van der Waals surface area contributed by atoms with Gasteiger partial charge in [-0.2, -0.15) is 0 Å². The highest BCUT2D eigenvalue weighted by Crippen LogP contribution is 2.06. The Kier molecular flexibility index (Phi) is 4.52. The van der Waals surface area contributed by atoms with E-state index < -0.39 is 0 Å². The highest BCUT2D eigenvalue weighted by atomic mass is 79.9. The van der Waals surface area contributed by atoms with E-state index in [4.69, 9.17) is 5.73 Å². The van der Waals surface area contributed by atoms with E-state index in [1.54, 1.807) is 0 Å². The summed E-state index contributed by atoms with van der Waals surface area (Å²) in [6.45, 7) is 3.02. The van der Waals surface area contributed by atoms with Crippen LogP contribution in [-0.2, 0) is 0 Å². The van der Waals surface area contributed by atoms with Gasteiger partial charge in [-0.3, -0.25) is 0 Å². The standard InChI is InChI=1S/C7H15N3.BrH/c1-3-7(8)10-5-4-9(2)6-10;/h4-5,7H,3,6,8H2,1-2H3;1H. The molecule has 1 heterocycles. The van der Waals surface area contributed by atoms with Crippen LogP contribution in [0.3, 0.4) is 0 Å². The predicted octanol–water partition coefficient (Wildman–Crippen LogP) is 0.935. The molecule has 0 saturated carbocycles. The van der Waals surface area contributed by atoms with Crippen LogP contribution in [-0.4, -0.2) is 29.7 Å². The summed E-state index contributed by atoms with van der Waals surface area (Å²) in [5.74, 6) is 0. The molecule has 0 spiro atoms. The molecule has 0 aromatic heterocycles. The summed E-state index contributed by atoms with van der Waals surface area (Å²) < 4.78 is 0. The van der Waals surface area contributed by atoms with Gasteiger partial charge in [0.25, 0.3) is 0 Å². The van der Waals surface area contributed by atoms with Crippen molar-refractivity contribution in [3.05, 3.63) is 12.4 Å². The van der Waals surface area contributed by atoms with Crippen LogP contribution in [0.4, 0.5) is 0 Å². The third-order valence-electron chi connectivity index (χ3n) is 1.74. The SMILES string of the molecule is Br.CCC(N)N1C=CN(C)C1. The summed E-state index contributed by atoms with van der Waals surface area (Å²) in [4.78, 5) is 4.23. The summed E-state index contributed by atoms with van der Waals surface area (Å²) >= 11 is 0. The van der Waals surface area contributed by atoms with Crippen LogP contribution in [0.15, 0.2) is 12.4 Å². The van der Waals surface area contributed by atoms with Crippen LogP contribution < -0.4 is 5.73 Å². The molecule has 1 unspecified atom stereocenters. The van der Waals surface area contributed by atoms with Crippen LogP contribution in [0.2, 0.25) is 0 Å². The Labute approximate surface area is 78.6 Å². The monoisotopic (exact) mass is 221 g/mol. The molecule has 4 heteroatoms. The largest absolute Gasteiger partial charge is 0.362 e. The van der Waals surface area contributed by atoms with Gasteiger partial charge in [-0.15, -0.1) is 17.0 Å². The maximum Gasteiger partial charge on any atom is 0.0905 e. The zero-order valence-electron chi connectivity index (χ0n) is 7.03. The second kappa shape index (κ2) is 4.62. The highest BCUT2D eigenvalue weighted by Gasteiger charge is 2.12. The molecule has 0 radical (unpaired) electrons. The van der Waals surface area contributed by atoms with E-state index in [1.807, 2.05) is 19.4 Å². The van der Waals surface area contributed by atoms with Gasteiger partial charge in [0.1, 0.15) is 0 Å². The molecular weight excluding hydrogens is 206 g/mol. The van der Waals surface area contributed by atoms with Crippen molar-refractivity contribution in [1.29, 1.82) is 0 Å². The molecule has 0 saturated heterocycles. The normalized spacial score (nSPS) is 18.5. The second-order valence-electron chi connectivity index (χ2n) is 2.69. The maximum absolute atomic E-state index is 5.79. The van der Waals surface area contributed by atoms with Gasteiger partial charge < -0.3 is 15.5 Å². The average Bonchev–Trinajstić information content (AvgIpc) is 2.34. The van der Waals surface area contributed by atoms with Gasteiger partial charge in [-0.1, -0.05) is 6.92 Å². The van der Waals surface area contributed by atoms with Gasteiger partial charge in [0.05, 0.1) is 12.8 Å². The molecule has 1 aliphatic rings. The molecule has 3 nitrogen and oxygen atoms in total. The molecule has 0 bridgehead atoms. The van der Waals surface area contributed by atoms with Gasteiger partial charge in [0.15, 0.2) is 0 Å². The molecule has 0 fully saturated rings. The maximum atomic E-state index is 5.79. The molecule has 11 heavy (non-hydrogen) atoms. The van der Waals surface area contributed by atoms with Crippen molar-refractivity contribution in [3.63, 3.8) is 0 Å². The van der Waals surface area contributed by atoms with E-state index in [-0.39, 0.29) is 23.1 Å². The van der Waals surface area contributed by atoms with Crippen molar-refractivity contribution < 1.29 is 0 Å². The van der Waals surface area contributed by atoms with Crippen molar-refractivity contribution in [2.45, 2.75) is 19.5 Å². The zero-order valence-corrected chi connectivity index (χ0v) is 8.74. The van der Waals surface area contributed by atoms with Gasteiger partial charge in [0.2, 0.25) is 0 Å². The first kappa shape index (κ1) is 10.8. The van der Waals surface area contributed by atoms with Crippen LogP contribution in [0.5, 0.6) is 0 Å². The van der Waals surface area contributed by atoms with Crippen LogP contribution in [0.25, 0.3) is 0 Å². The topological polar surface area (TPSA) is 32.5 Å². The minimum Gasteiger partial charge on any atom is -0.362 e. The lowest BCUT2D eigenvalue weighted by atomic mass is 10.4. The lowest BCUT2D eigenvalue weighted by molar-refractivity contribution is 0.229. The van der Waals surface area contributed by atoms with Gasteiger partial charge in [0, 0.05) is 19.4 Å². The summed E-state index contributed by atoms with van der Waals surface area (Å²) in [5, 5.41) is 0. The minimum absolute atomic E-state index is 0. The number of nitrogens with zero attached hydrogens (tertiary/aromatic N) is 2. The molecule has 0 amide bonds. The number of rotatable bonds is 2. The fourth-order valence-corrected chi connectivity index (χ4v) is 1.00. The quantitative estimate of drug-likeness (QED) is 0.754. The molecule has 1 atom stereocenters. The first-order valence-corrected chi connectivity index (χ1v) is 3.64. The van der Waals surface area contributed by atoms with Crippen molar-refractivity contribution >= 4 is 17.0 Å². The Bertz CT molecular complexity index is 138. The minimum atomic E-state index is 0. The van der Waals surface area contributed by atoms with E-state index >= 15 is 0 Å². The molecule has 1 aliphatic heterocycles. The van der Waals surface area contributed by atoms with E-state index in [2.05, 4.69) is 16.7 Å². The molecular formula is C7H16BrN3. The van der Waals surface area contributed by atoms with Crippen LogP contribution in [0.1, 0.15) is 13.3 Å². The summed E-state index contributed by atoms with van der Waals surface area (Å²) in [6.07, 6.45) is 5.25. The van der Waals surface area contributed by atoms with Crippen LogP contribution in [0, 0.1) is 0 Å². The van der Waals surface area contributed by atoms with Crippen molar-refractivity contribution in [2.75, 3.05) is 13.7 Å². The van der Waals surface area contributed by atoms with Crippen molar-refractivity contribution in [1.82, 2.24) is 9.80 Å². The molecule has 2 N–H and O–H groups in total. The Morgan fingerprint density at radius 3 is 2.55 bits per heavy atom. The second-order valence-corrected chi connectivity index (χ2v) is 2.69. The Hall–Kier alpha value is -0.220. The summed E-state index contributed by atoms with van der Waals surface area (Å²) in [5.41, 5.74) is 5.79. The van der Waals surface area contributed by atoms with E-state index in [0.717, 1.165) is 13.1 Å². The summed E-state index contributed by atoms with van der Waals surface area (Å²) in [7, 11) is 2.04.